The summed E-state index contributed by atoms with van der Waals surface area (Å²) in [6.45, 7) is 5.02. The smallest absolute Gasteiger partial charge is 0.240 e. The van der Waals surface area contributed by atoms with E-state index in [1.54, 1.807) is 0 Å². The van der Waals surface area contributed by atoms with Gasteiger partial charge in [-0.1, -0.05) is 6.92 Å². The molecule has 1 aliphatic carbocycles. The van der Waals surface area contributed by atoms with Crippen LogP contribution < -0.4 is 5.32 Å². The Bertz CT molecular complexity index is 221. The van der Waals surface area contributed by atoms with E-state index in [-0.39, 0.29) is 6.04 Å². The Hall–Kier alpha value is -0.570. The van der Waals surface area contributed by atoms with Gasteiger partial charge in [0, 0.05) is 6.04 Å². The Balaban J connectivity index is 1.93. The molecule has 0 spiro atoms. The van der Waals surface area contributed by atoms with Crippen LogP contribution in [-0.2, 0) is 4.79 Å². The second kappa shape index (κ2) is 3.89. The molecule has 2 fully saturated rings. The van der Waals surface area contributed by atoms with Crippen LogP contribution in [0.25, 0.3) is 0 Å². The van der Waals surface area contributed by atoms with Crippen LogP contribution in [0.5, 0.6) is 0 Å². The van der Waals surface area contributed by atoms with E-state index in [1.165, 1.54) is 25.7 Å². The van der Waals surface area contributed by atoms with Crippen molar-refractivity contribution in [2.24, 2.45) is 5.92 Å². The van der Waals surface area contributed by atoms with Gasteiger partial charge in [-0.3, -0.25) is 10.1 Å². The van der Waals surface area contributed by atoms with Gasteiger partial charge in [-0.05, 0) is 38.5 Å². The molecule has 2 aliphatic rings. The van der Waals surface area contributed by atoms with Crippen molar-refractivity contribution in [2.75, 3.05) is 6.67 Å². The highest BCUT2D eigenvalue weighted by atomic mass is 16.2. The zero-order valence-corrected chi connectivity index (χ0v) is 9.12. The molecular weight excluding hydrogens is 176 g/mol. The van der Waals surface area contributed by atoms with Gasteiger partial charge in [0.15, 0.2) is 0 Å². The average Bonchev–Trinajstić information content (AvgIpc) is 2.50. The van der Waals surface area contributed by atoms with E-state index in [4.69, 9.17) is 0 Å². The van der Waals surface area contributed by atoms with E-state index in [0.29, 0.717) is 11.9 Å². The first kappa shape index (κ1) is 9.97. The Morgan fingerprint density at radius 2 is 1.86 bits per heavy atom. The van der Waals surface area contributed by atoms with Crippen molar-refractivity contribution in [1.82, 2.24) is 10.2 Å². The predicted octanol–water partition coefficient (Wildman–Crippen LogP) is 1.34. The zero-order chi connectivity index (χ0) is 10.1. The second-order valence-corrected chi connectivity index (χ2v) is 4.81. The molecule has 1 heterocycles. The van der Waals surface area contributed by atoms with Gasteiger partial charge in [-0.15, -0.1) is 0 Å². The lowest BCUT2D eigenvalue weighted by Gasteiger charge is -2.33. The average molecular weight is 196 g/mol. The van der Waals surface area contributed by atoms with E-state index in [9.17, 15) is 4.79 Å². The summed E-state index contributed by atoms with van der Waals surface area (Å²) < 4.78 is 0. The molecule has 1 amide bonds. The molecule has 1 atom stereocenters. The number of rotatable bonds is 1. The highest BCUT2D eigenvalue weighted by Gasteiger charge is 2.34. The van der Waals surface area contributed by atoms with Gasteiger partial charge >= 0.3 is 0 Å². The van der Waals surface area contributed by atoms with Crippen LogP contribution in [0.4, 0.5) is 0 Å². The van der Waals surface area contributed by atoms with E-state index in [0.717, 1.165) is 12.6 Å². The number of nitrogens with one attached hydrogen (secondary N) is 1. The molecule has 1 unspecified atom stereocenters. The summed E-state index contributed by atoms with van der Waals surface area (Å²) in [5, 5.41) is 3.20. The minimum atomic E-state index is 0.0364. The third-order valence-electron chi connectivity index (χ3n) is 3.65. The largest absolute Gasteiger partial charge is 0.326 e. The minimum Gasteiger partial charge on any atom is -0.326 e. The molecular formula is C11H20N2O. The molecule has 1 saturated carbocycles. The normalized spacial score (nSPS) is 39.1. The minimum absolute atomic E-state index is 0.0364. The molecule has 1 N–H and O–H groups in total. The van der Waals surface area contributed by atoms with Gasteiger partial charge in [0.25, 0.3) is 0 Å². The SMILES string of the molecule is CC1CCC(N2CNC(C)C2=O)CC1. The standard InChI is InChI=1S/C11H20N2O/c1-8-3-5-10(6-4-8)13-7-12-9(2)11(13)14/h8-10,12H,3-7H2,1-2H3. The summed E-state index contributed by atoms with van der Waals surface area (Å²) in [7, 11) is 0. The summed E-state index contributed by atoms with van der Waals surface area (Å²) in [6, 6.07) is 0.547. The molecule has 1 saturated heterocycles. The van der Waals surface area contributed by atoms with Gasteiger partial charge in [0.05, 0.1) is 12.7 Å². The van der Waals surface area contributed by atoms with E-state index < -0.39 is 0 Å². The maximum atomic E-state index is 11.7. The second-order valence-electron chi connectivity index (χ2n) is 4.81. The number of carbonyl (C=O) groups is 1. The maximum absolute atomic E-state index is 11.7. The number of hydrogen-bond donors (Lipinski definition) is 1. The molecule has 0 aromatic rings. The highest BCUT2D eigenvalue weighted by molar-refractivity contribution is 5.83. The molecule has 1 aliphatic heterocycles. The third-order valence-corrected chi connectivity index (χ3v) is 3.65. The first-order valence-electron chi connectivity index (χ1n) is 5.72. The van der Waals surface area contributed by atoms with Crippen LogP contribution in [0.3, 0.4) is 0 Å². The van der Waals surface area contributed by atoms with Crippen molar-refractivity contribution in [3.8, 4) is 0 Å². The van der Waals surface area contributed by atoms with Crippen LogP contribution in [-0.4, -0.2) is 29.6 Å². The summed E-state index contributed by atoms with van der Waals surface area (Å²) in [5.74, 6) is 1.15. The van der Waals surface area contributed by atoms with Crippen LogP contribution in [0.15, 0.2) is 0 Å². The zero-order valence-electron chi connectivity index (χ0n) is 9.12. The van der Waals surface area contributed by atoms with Gasteiger partial charge in [0.1, 0.15) is 0 Å². The molecule has 0 aromatic carbocycles. The van der Waals surface area contributed by atoms with E-state index in [1.807, 2.05) is 11.8 Å². The van der Waals surface area contributed by atoms with Crippen molar-refractivity contribution < 1.29 is 4.79 Å². The fraction of sp³-hybridized carbons (Fsp3) is 0.909. The molecule has 0 radical (unpaired) electrons. The fourth-order valence-electron chi connectivity index (χ4n) is 2.51. The van der Waals surface area contributed by atoms with Crippen molar-refractivity contribution in [3.63, 3.8) is 0 Å². The van der Waals surface area contributed by atoms with Crippen molar-refractivity contribution in [2.45, 2.75) is 51.6 Å². The lowest BCUT2D eigenvalue weighted by atomic mass is 9.87. The van der Waals surface area contributed by atoms with Gasteiger partial charge in [-0.25, -0.2) is 0 Å². The predicted molar refractivity (Wildman–Crippen MR) is 55.7 cm³/mol. The first-order chi connectivity index (χ1) is 6.68. The summed E-state index contributed by atoms with van der Waals surface area (Å²) in [5.41, 5.74) is 0. The van der Waals surface area contributed by atoms with Gasteiger partial charge in [-0.2, -0.15) is 0 Å². The monoisotopic (exact) mass is 196 g/mol. The van der Waals surface area contributed by atoms with Gasteiger partial charge < -0.3 is 4.90 Å². The van der Waals surface area contributed by atoms with Gasteiger partial charge in [0.2, 0.25) is 5.91 Å². The maximum Gasteiger partial charge on any atom is 0.240 e. The molecule has 80 valence electrons. The number of hydrogen-bond acceptors (Lipinski definition) is 2. The highest BCUT2D eigenvalue weighted by Crippen LogP contribution is 2.28. The molecule has 0 aromatic heterocycles. The van der Waals surface area contributed by atoms with E-state index in [2.05, 4.69) is 12.2 Å². The lowest BCUT2D eigenvalue weighted by molar-refractivity contribution is -0.131. The Morgan fingerprint density at radius 3 is 2.36 bits per heavy atom. The van der Waals surface area contributed by atoms with Crippen molar-refractivity contribution >= 4 is 5.91 Å². The van der Waals surface area contributed by atoms with E-state index >= 15 is 0 Å². The van der Waals surface area contributed by atoms with Crippen LogP contribution in [0.2, 0.25) is 0 Å². The van der Waals surface area contributed by atoms with Crippen LogP contribution in [0, 0.1) is 5.92 Å². The Kier molecular flexibility index (Phi) is 2.77. The number of nitrogens with zero attached hydrogens (tertiary/aromatic N) is 1. The molecule has 2 rings (SSSR count). The van der Waals surface area contributed by atoms with Crippen LogP contribution >= 0.6 is 0 Å². The van der Waals surface area contributed by atoms with Crippen molar-refractivity contribution in [3.05, 3.63) is 0 Å². The lowest BCUT2D eigenvalue weighted by Crippen LogP contribution is -2.40. The Morgan fingerprint density at radius 1 is 1.21 bits per heavy atom. The number of amides is 1. The molecule has 0 bridgehead atoms. The molecule has 3 heteroatoms. The quantitative estimate of drug-likeness (QED) is 0.686. The summed E-state index contributed by atoms with van der Waals surface area (Å²) in [4.78, 5) is 13.8. The van der Waals surface area contributed by atoms with Crippen molar-refractivity contribution in [1.29, 1.82) is 0 Å². The summed E-state index contributed by atoms with van der Waals surface area (Å²) >= 11 is 0. The number of carbonyl (C=O) groups excluding carboxylic acids is 1. The topological polar surface area (TPSA) is 32.3 Å². The fourth-order valence-corrected chi connectivity index (χ4v) is 2.51. The molecule has 14 heavy (non-hydrogen) atoms. The van der Waals surface area contributed by atoms with Crippen LogP contribution in [0.1, 0.15) is 39.5 Å². The third kappa shape index (κ3) is 1.78. The summed E-state index contributed by atoms with van der Waals surface area (Å²) in [6.07, 6.45) is 4.95. The Labute approximate surface area is 85.8 Å². The molecule has 3 nitrogen and oxygen atoms in total. The first-order valence-corrected chi connectivity index (χ1v) is 5.72.